The molecule has 14 heteroatoms. The molecule has 3 aliphatic rings. The lowest BCUT2D eigenvalue weighted by molar-refractivity contribution is -0.140. The van der Waals surface area contributed by atoms with Crippen LogP contribution in [-0.4, -0.2) is 87.5 Å². The number of aromatic nitrogens is 2. The van der Waals surface area contributed by atoms with Gasteiger partial charge in [0, 0.05) is 73.2 Å². The summed E-state index contributed by atoms with van der Waals surface area (Å²) in [6, 6.07) is 9.04. The fourth-order valence-corrected chi connectivity index (χ4v) is 8.35. The van der Waals surface area contributed by atoms with Gasteiger partial charge in [-0.05, 0) is 68.6 Å². The topological polar surface area (TPSA) is 76.8 Å². The minimum absolute atomic E-state index is 0.175. The Morgan fingerprint density at radius 2 is 1.65 bits per heavy atom. The number of alkyl halides is 6. The maximum Gasteiger partial charge on any atom is 0.417 e. The highest BCUT2D eigenvalue weighted by molar-refractivity contribution is 7.99. The predicted octanol–water partition coefficient (Wildman–Crippen LogP) is 6.16. The summed E-state index contributed by atoms with van der Waals surface area (Å²) in [6.07, 6.45) is -5.28. The molecule has 0 bridgehead atoms. The Balaban J connectivity index is 1.13. The van der Waals surface area contributed by atoms with Crippen LogP contribution in [0.15, 0.2) is 47.4 Å². The SMILES string of the molecule is OC(CN1CCC(O)(c2cccc(C(F)(F)F)c2)CC1)Cn1nc(-c2ccc(C(F)(F)F)c(SCCN3CCCCC3)c2)c2c1CCNC2. The molecule has 2 fully saturated rings. The van der Waals surface area contributed by atoms with Crippen molar-refractivity contribution in [1.29, 1.82) is 0 Å². The number of hydrogen-bond acceptors (Lipinski definition) is 7. The first-order valence-corrected chi connectivity index (χ1v) is 18.0. The molecule has 3 aliphatic heterocycles. The van der Waals surface area contributed by atoms with E-state index in [1.807, 2.05) is 4.90 Å². The average molecular weight is 712 g/mol. The van der Waals surface area contributed by atoms with Crippen molar-refractivity contribution in [3.8, 4) is 11.3 Å². The van der Waals surface area contributed by atoms with Crippen LogP contribution in [0.2, 0.25) is 0 Å². The average Bonchev–Trinajstić information content (AvgIpc) is 3.43. The third kappa shape index (κ3) is 8.65. The Kier molecular flexibility index (Phi) is 11.0. The number of hydrogen-bond donors (Lipinski definition) is 3. The number of aliphatic hydroxyl groups is 2. The fourth-order valence-electron chi connectivity index (χ4n) is 7.23. The van der Waals surface area contributed by atoms with Gasteiger partial charge in [-0.15, -0.1) is 11.8 Å². The summed E-state index contributed by atoms with van der Waals surface area (Å²) >= 11 is 1.23. The first-order valence-electron chi connectivity index (χ1n) is 17.0. The van der Waals surface area contributed by atoms with Gasteiger partial charge < -0.3 is 25.3 Å². The Morgan fingerprint density at radius 3 is 2.37 bits per heavy atom. The second-order valence-corrected chi connectivity index (χ2v) is 14.5. The van der Waals surface area contributed by atoms with Crippen molar-refractivity contribution in [1.82, 2.24) is 24.9 Å². The molecule has 3 N–H and O–H groups in total. The lowest BCUT2D eigenvalue weighted by Crippen LogP contribution is -2.46. The van der Waals surface area contributed by atoms with E-state index in [2.05, 4.69) is 10.2 Å². The van der Waals surface area contributed by atoms with Gasteiger partial charge in [0.25, 0.3) is 0 Å². The van der Waals surface area contributed by atoms with Gasteiger partial charge in [-0.1, -0.05) is 24.6 Å². The van der Waals surface area contributed by atoms with E-state index in [1.165, 1.54) is 36.4 Å². The molecule has 2 aromatic carbocycles. The van der Waals surface area contributed by atoms with Gasteiger partial charge in [-0.25, -0.2) is 0 Å². The number of aliphatic hydroxyl groups excluding tert-OH is 1. The van der Waals surface area contributed by atoms with Gasteiger partial charge in [-0.3, -0.25) is 4.68 Å². The molecule has 268 valence electrons. The molecule has 3 aromatic rings. The molecule has 1 aromatic heterocycles. The van der Waals surface area contributed by atoms with E-state index in [9.17, 15) is 36.6 Å². The molecule has 4 heterocycles. The van der Waals surface area contributed by atoms with E-state index in [-0.39, 0.29) is 36.4 Å². The molecule has 0 radical (unpaired) electrons. The zero-order valence-electron chi connectivity index (χ0n) is 27.3. The molecule has 6 rings (SSSR count). The highest BCUT2D eigenvalue weighted by Crippen LogP contribution is 2.40. The summed E-state index contributed by atoms with van der Waals surface area (Å²) < 4.78 is 83.6. The van der Waals surface area contributed by atoms with Gasteiger partial charge in [-0.2, -0.15) is 31.4 Å². The van der Waals surface area contributed by atoms with Crippen molar-refractivity contribution in [2.75, 3.05) is 51.6 Å². The molecule has 2 saturated heterocycles. The highest BCUT2D eigenvalue weighted by Gasteiger charge is 2.38. The Morgan fingerprint density at radius 1 is 0.898 bits per heavy atom. The third-order valence-corrected chi connectivity index (χ3v) is 11.0. The second kappa shape index (κ2) is 14.9. The number of halogens is 6. The summed E-state index contributed by atoms with van der Waals surface area (Å²) in [4.78, 5) is 4.47. The number of rotatable bonds is 10. The predicted molar refractivity (Wildman–Crippen MR) is 176 cm³/mol. The van der Waals surface area contributed by atoms with Crippen molar-refractivity contribution >= 4 is 11.8 Å². The molecular formula is C35H43F6N5O2S. The van der Waals surface area contributed by atoms with Crippen LogP contribution in [0, 0.1) is 0 Å². The summed E-state index contributed by atoms with van der Waals surface area (Å²) in [5, 5.41) is 30.5. The maximum absolute atomic E-state index is 14.0. The third-order valence-electron chi connectivity index (χ3n) is 9.94. The fraction of sp³-hybridized carbons (Fsp3) is 0.571. The highest BCUT2D eigenvalue weighted by atomic mass is 32.2. The van der Waals surface area contributed by atoms with Crippen molar-refractivity contribution in [3.63, 3.8) is 0 Å². The zero-order chi connectivity index (χ0) is 34.8. The van der Waals surface area contributed by atoms with Crippen LogP contribution in [-0.2, 0) is 37.5 Å². The molecule has 7 nitrogen and oxygen atoms in total. The number of benzene rings is 2. The van der Waals surface area contributed by atoms with Crippen LogP contribution in [0.3, 0.4) is 0 Å². The van der Waals surface area contributed by atoms with Gasteiger partial charge >= 0.3 is 12.4 Å². The molecule has 0 amide bonds. The van der Waals surface area contributed by atoms with E-state index >= 15 is 0 Å². The van der Waals surface area contributed by atoms with Gasteiger partial charge in [0.05, 0.1) is 35.1 Å². The van der Waals surface area contributed by atoms with Crippen LogP contribution in [0.25, 0.3) is 11.3 Å². The first kappa shape index (κ1) is 36.2. The monoisotopic (exact) mass is 711 g/mol. The van der Waals surface area contributed by atoms with Crippen molar-refractivity contribution in [3.05, 3.63) is 70.4 Å². The van der Waals surface area contributed by atoms with Gasteiger partial charge in [0.1, 0.15) is 0 Å². The smallest absolute Gasteiger partial charge is 0.390 e. The van der Waals surface area contributed by atoms with E-state index < -0.39 is 35.2 Å². The largest absolute Gasteiger partial charge is 0.417 e. The summed E-state index contributed by atoms with van der Waals surface area (Å²) in [5.41, 5.74) is 0.445. The second-order valence-electron chi connectivity index (χ2n) is 13.4. The van der Waals surface area contributed by atoms with Gasteiger partial charge in [0.15, 0.2) is 0 Å². The first-order chi connectivity index (χ1) is 23.3. The summed E-state index contributed by atoms with van der Waals surface area (Å²) in [6.45, 7) is 5.15. The number of likely N-dealkylation sites (tertiary alicyclic amines) is 2. The van der Waals surface area contributed by atoms with Crippen LogP contribution in [0.1, 0.15) is 60.1 Å². The van der Waals surface area contributed by atoms with E-state index in [4.69, 9.17) is 5.10 Å². The Hall–Kier alpha value is -2.62. The minimum Gasteiger partial charge on any atom is -0.390 e. The lowest BCUT2D eigenvalue weighted by Gasteiger charge is -2.39. The maximum atomic E-state index is 14.0. The Bertz CT molecular complexity index is 1580. The van der Waals surface area contributed by atoms with E-state index in [0.717, 1.165) is 61.9 Å². The molecule has 0 aliphatic carbocycles. The zero-order valence-corrected chi connectivity index (χ0v) is 28.1. The number of piperidine rings is 2. The van der Waals surface area contributed by atoms with Crippen molar-refractivity contribution in [2.24, 2.45) is 0 Å². The quantitative estimate of drug-likeness (QED) is 0.172. The van der Waals surface area contributed by atoms with Crippen molar-refractivity contribution < 1.29 is 36.6 Å². The summed E-state index contributed by atoms with van der Waals surface area (Å²) in [7, 11) is 0. The van der Waals surface area contributed by atoms with Gasteiger partial charge in [0.2, 0.25) is 0 Å². The summed E-state index contributed by atoms with van der Waals surface area (Å²) in [5.74, 6) is 0.556. The normalized spacial score (nSPS) is 19.9. The lowest BCUT2D eigenvalue weighted by atomic mass is 9.83. The van der Waals surface area contributed by atoms with Crippen LogP contribution in [0.5, 0.6) is 0 Å². The number of nitrogens with zero attached hydrogens (tertiary/aromatic N) is 4. The number of β-amino-alcohol motifs (C(OH)–C–C–N with tert-alkyl or cyclic N) is 1. The number of thioether (sulfide) groups is 1. The Labute approximate surface area is 286 Å². The minimum atomic E-state index is -4.50. The van der Waals surface area contributed by atoms with E-state index in [1.54, 1.807) is 10.7 Å². The molecule has 1 atom stereocenters. The molecule has 49 heavy (non-hydrogen) atoms. The molecular weight excluding hydrogens is 668 g/mol. The molecule has 0 saturated carbocycles. The van der Waals surface area contributed by atoms with Crippen LogP contribution in [0.4, 0.5) is 26.3 Å². The molecule has 1 unspecified atom stereocenters. The van der Waals surface area contributed by atoms with Crippen LogP contribution >= 0.6 is 11.8 Å². The number of fused-ring (bicyclic) bond motifs is 1. The van der Waals surface area contributed by atoms with E-state index in [0.29, 0.717) is 49.6 Å². The van der Waals surface area contributed by atoms with Crippen LogP contribution < -0.4 is 5.32 Å². The van der Waals surface area contributed by atoms with Crippen molar-refractivity contribution in [2.45, 2.75) is 80.6 Å². The molecule has 0 spiro atoms. The number of nitrogens with one attached hydrogen (secondary N) is 1. The standard InChI is InChI=1S/C35H43F6N5O2S/c36-34(37,38)26-6-4-5-25(20-26)33(48)10-15-45(16-11-33)22-27(47)23-46-30-9-12-42-21-28(30)32(43-46)24-7-8-29(35(39,40)41)31(19-24)49-18-17-44-13-2-1-3-14-44/h4-8,19-20,27,42,47-48H,1-3,9-18,21-23H2.